The number of aryl methyl sites for hydroxylation is 2. The monoisotopic (exact) mass is 2160 g/mol. The normalized spacial score (nSPS) is 15.7. The van der Waals surface area contributed by atoms with Crippen molar-refractivity contribution in [2.75, 3.05) is 53.5 Å². The van der Waals surface area contributed by atoms with Crippen LogP contribution in [0.5, 0.6) is 0 Å². The SMILES string of the molecule is COC(=O)[C@@H](CNC(=O)OC(C)(C)C)NC1CCN(Cc2ccc(Cl)c(C)c2)CC1.COC(=O)[C@H](N)CNC(=O)OC(C)(C)C.Cc1cc(CN2CCC(=O)CC2)ccc1Cl.I.I[I-]I(I)I(I)I(I)I. The van der Waals surface area contributed by atoms with E-state index in [1.807, 2.05) is 26.0 Å². The molecule has 0 bridgehead atoms. The summed E-state index contributed by atoms with van der Waals surface area (Å²) in [6, 6.07) is 11.0. The van der Waals surface area contributed by atoms with Crippen molar-refractivity contribution >= 4 is 194 Å². The molecule has 2 heterocycles. The molecule has 0 spiro atoms. The Morgan fingerprint density at radius 1 is 0.761 bits per heavy atom. The summed E-state index contributed by atoms with van der Waals surface area (Å²) in [5.41, 5.74) is 8.96. The Hall–Kier alpha value is 3.31. The van der Waals surface area contributed by atoms with Gasteiger partial charge in [-0.2, -0.15) is 0 Å². The number of halogens is 12. The number of piperidine rings is 2. The molecule has 2 aromatic carbocycles. The summed E-state index contributed by atoms with van der Waals surface area (Å²) in [4.78, 5) is 61.9. The van der Waals surface area contributed by atoms with Gasteiger partial charge in [0.25, 0.3) is 0 Å². The second-order valence-electron chi connectivity index (χ2n) is 17.7. The van der Waals surface area contributed by atoms with Gasteiger partial charge in [0.15, 0.2) is 0 Å². The Bertz CT molecular complexity index is 1940. The summed E-state index contributed by atoms with van der Waals surface area (Å²) >= 11 is 26.7. The molecule has 71 heavy (non-hydrogen) atoms. The number of methoxy groups -OCH3 is 2. The summed E-state index contributed by atoms with van der Waals surface area (Å²) in [6.07, 6.45) is 2.06. The van der Waals surface area contributed by atoms with Crippen molar-refractivity contribution in [3.8, 4) is 0 Å². The number of amides is 2. The summed E-state index contributed by atoms with van der Waals surface area (Å²) in [5, 5.41) is 9.96. The molecule has 2 aliphatic rings. The number of hydrogen-bond acceptors (Lipinski definition) is 13. The van der Waals surface area contributed by atoms with Crippen LogP contribution >= 0.6 is 164 Å². The van der Waals surface area contributed by atoms with Gasteiger partial charge in [0, 0.05) is 68.2 Å². The third-order valence-corrected chi connectivity index (χ3v) is 424. The van der Waals surface area contributed by atoms with Gasteiger partial charge in [0.1, 0.15) is 29.1 Å². The molecule has 4 rings (SSSR count). The minimum absolute atomic E-state index is 0. The van der Waals surface area contributed by atoms with Gasteiger partial charge in [-0.25, -0.2) is 9.59 Å². The summed E-state index contributed by atoms with van der Waals surface area (Å²) < 4.78 is 19.5. The van der Waals surface area contributed by atoms with Crippen LogP contribution < -0.4 is 34.9 Å². The molecular weight excluding hydrogens is 2100 g/mol. The number of esters is 2. The van der Waals surface area contributed by atoms with Crippen LogP contribution in [-0.2, 0) is 46.4 Å². The molecule has 0 aliphatic carbocycles. The van der Waals surface area contributed by atoms with Crippen molar-refractivity contribution in [1.29, 1.82) is 0 Å². The molecule has 2 aliphatic heterocycles. The Morgan fingerprint density at radius 3 is 1.55 bits per heavy atom. The van der Waals surface area contributed by atoms with Crippen molar-refractivity contribution in [3.05, 3.63) is 68.7 Å². The maximum absolute atomic E-state index is 12.2. The van der Waals surface area contributed by atoms with Crippen molar-refractivity contribution in [2.24, 2.45) is 5.73 Å². The van der Waals surface area contributed by atoms with E-state index in [0.29, 0.717) is 31.9 Å². The number of nitrogens with two attached hydrogens (primary N) is 1. The van der Waals surface area contributed by atoms with E-state index in [1.54, 1.807) is 41.5 Å². The first kappa shape index (κ1) is 74.3. The van der Waals surface area contributed by atoms with E-state index in [0.717, 1.165) is 73.3 Å². The van der Waals surface area contributed by atoms with Crippen molar-refractivity contribution < 1.29 is 56.2 Å². The fourth-order valence-electron chi connectivity index (χ4n) is 6.27. The molecule has 0 radical (unpaired) electrons. The number of rotatable bonds is 15. The number of carbonyl (C=O) groups is 5. The number of ether oxygens (including phenoxy) is 4. The Labute approximate surface area is 517 Å². The second-order valence-corrected chi connectivity index (χ2v) is 181. The molecule has 0 unspecified atom stereocenters. The van der Waals surface area contributed by atoms with E-state index in [9.17, 15) is 24.0 Å². The zero-order valence-electron chi connectivity index (χ0n) is 41.4. The van der Waals surface area contributed by atoms with E-state index >= 15 is 0 Å². The third-order valence-electron chi connectivity index (χ3n) is 9.60. The number of hydrogen-bond donors (Lipinski definition) is 4. The summed E-state index contributed by atoms with van der Waals surface area (Å²) in [6.45, 7) is 20.2. The number of Topliss-reactive ketones (excluding diaryl/α,β-unsaturated/α-hetero) is 1. The molecule has 2 saturated heterocycles. The number of carbonyl (C=O) groups excluding carboxylic acids is 5. The molecule has 2 amide bonds. The molecule has 15 nitrogen and oxygen atoms in total. The number of nitrogens with one attached hydrogen (secondary N) is 3. The topological polar surface area (TPSA) is 191 Å². The second kappa shape index (κ2) is 39.7. The number of alkyl carbamates (subject to hydrolysis) is 2. The average molecular weight is 2170 g/mol. The van der Waals surface area contributed by atoms with Gasteiger partial charge in [0.2, 0.25) is 0 Å². The predicted octanol–water partition coefficient (Wildman–Crippen LogP) is 10.8. The molecule has 0 saturated carbocycles. The Kier molecular flexibility index (Phi) is 41.5. The number of nitrogens with zero attached hydrogens (tertiary/aromatic N) is 2. The zero-order valence-corrected chi connectivity index (χ0v) is 64.7. The van der Waals surface area contributed by atoms with Gasteiger partial charge >= 0.3 is 154 Å². The van der Waals surface area contributed by atoms with Gasteiger partial charge in [-0.05, 0) is 116 Å². The maximum atomic E-state index is 12.2. The van der Waals surface area contributed by atoms with Crippen LogP contribution in [0.2, 0.25) is 10.0 Å². The molecular formula is C44H69Cl2I10N6O9-. The van der Waals surface area contributed by atoms with Crippen LogP contribution in [0, 0.1) is 13.8 Å². The first-order valence-electron chi connectivity index (χ1n) is 21.7. The third kappa shape index (κ3) is 34.9. The first-order chi connectivity index (χ1) is 32.6. The summed E-state index contributed by atoms with van der Waals surface area (Å²) in [5.74, 6) is -0.584. The molecule has 27 heteroatoms. The van der Waals surface area contributed by atoms with Crippen molar-refractivity contribution in [1.82, 2.24) is 25.8 Å². The fourth-order valence-corrected chi connectivity index (χ4v) is 635. The van der Waals surface area contributed by atoms with Gasteiger partial charge in [0.05, 0.1) is 14.2 Å². The predicted molar refractivity (Wildman–Crippen MR) is 365 cm³/mol. The number of ketones is 1. The van der Waals surface area contributed by atoms with Crippen LogP contribution in [-0.4, -0.2) is 123 Å². The average Bonchev–Trinajstić information content (AvgIpc) is 3.29. The standard InChI is InChI=1S/C22H34ClN3O4.C13H16ClNO.C9H18N2O4.I9.HI/c1-15-12-16(6-7-18(15)23)14-26-10-8-17(9-11-26)25-19(20(27)29-5)13-24-21(28)30-22(2,3)4;1-10-8-11(2-3-13(10)14)9-15-6-4-12(16)5-7-15;1-9(2,3)15-8(13)11-5-6(10)7(12)14-4;1-6-8(4)9(5)7(2)3;/h6-7,12,17,19,25H,8-11,13-14H2,1-5H3,(H,24,28);2-3,8H,4-7,9H2,1H3;6H,5,10H2,1-4H3,(H,11,13);;1H/q;;;-1;/t19-;;6-;;/m1.1../s1. The number of benzene rings is 2. The van der Waals surface area contributed by atoms with E-state index in [-0.39, 0.29) is 66.8 Å². The Morgan fingerprint density at radius 2 is 1.18 bits per heavy atom. The number of likely N-dealkylation sites (tertiary alicyclic amines) is 2. The van der Waals surface area contributed by atoms with Crippen molar-refractivity contribution in [3.63, 3.8) is 0 Å². The minimum atomic E-state index is -0.873. The van der Waals surface area contributed by atoms with Crippen LogP contribution in [0.4, 0.5) is 9.59 Å². The van der Waals surface area contributed by atoms with Gasteiger partial charge in [-0.15, -0.1) is 24.0 Å². The first-order valence-corrected chi connectivity index (χ1v) is 72.7. The fraction of sp³-hybridized carbons (Fsp3) is 0.614. The van der Waals surface area contributed by atoms with E-state index in [2.05, 4.69) is 148 Å². The molecule has 2 atom stereocenters. The quantitative estimate of drug-likeness (QED) is 0.0749. The molecule has 5 N–H and O–H groups in total. The molecule has 414 valence electrons. The van der Waals surface area contributed by atoms with Crippen molar-refractivity contribution in [2.45, 2.75) is 123 Å². The zero-order chi connectivity index (χ0) is 53.4. The van der Waals surface area contributed by atoms with Crippen LogP contribution in [0.1, 0.15) is 89.5 Å². The van der Waals surface area contributed by atoms with E-state index < -0.39 is 47.4 Å². The van der Waals surface area contributed by atoms with Gasteiger partial charge < -0.3 is 40.6 Å². The van der Waals surface area contributed by atoms with E-state index in [4.69, 9.17) is 43.1 Å². The molecule has 0 aromatic heterocycles. The van der Waals surface area contributed by atoms with Crippen LogP contribution in [0.25, 0.3) is 0 Å². The van der Waals surface area contributed by atoms with Crippen LogP contribution in [0.15, 0.2) is 36.4 Å². The van der Waals surface area contributed by atoms with Gasteiger partial charge in [-0.1, -0.05) is 47.5 Å². The van der Waals surface area contributed by atoms with Gasteiger partial charge in [-0.3, -0.25) is 24.2 Å². The molecule has 2 aromatic rings. The Balaban J connectivity index is 0.00000101. The molecule has 2 fully saturated rings. The van der Waals surface area contributed by atoms with E-state index in [1.165, 1.54) is 25.3 Å². The van der Waals surface area contributed by atoms with Crippen LogP contribution in [0.3, 0.4) is 0 Å². The summed E-state index contributed by atoms with van der Waals surface area (Å²) in [7, 11) is 1.79.